The second kappa shape index (κ2) is 11.6. The maximum atomic E-state index is 11.3. The topological polar surface area (TPSA) is 78.7 Å². The van der Waals surface area contributed by atoms with Gasteiger partial charge in [-0.25, -0.2) is 4.99 Å². The number of halogens is 1. The van der Waals surface area contributed by atoms with Gasteiger partial charge in [0.1, 0.15) is 12.3 Å². The summed E-state index contributed by atoms with van der Waals surface area (Å²) in [6, 6.07) is 3.80. The Balaban J connectivity index is 0.00000361. The molecule has 0 saturated heterocycles. The summed E-state index contributed by atoms with van der Waals surface area (Å²) in [5, 5.41) is 8.95. The summed E-state index contributed by atoms with van der Waals surface area (Å²) in [5.41, 5.74) is 0. The van der Waals surface area contributed by atoms with Crippen molar-refractivity contribution >= 4 is 35.8 Å². The van der Waals surface area contributed by atoms with E-state index < -0.39 is 0 Å². The minimum Gasteiger partial charge on any atom is -0.469 e. The van der Waals surface area contributed by atoms with Crippen LogP contribution in [0.25, 0.3) is 0 Å². The standard InChI is InChI=1S/C13H22N4O2.HI/c1-3-14-12(18)10-17-13(15-4-2)16-8-7-11-6-5-9-19-11;/h5-6,9H,3-4,7-8,10H2,1-2H3,(H,14,18)(H2,15,16,17);1H. The van der Waals surface area contributed by atoms with Gasteiger partial charge in [-0.05, 0) is 26.0 Å². The number of likely N-dealkylation sites (N-methyl/N-ethyl adjacent to an activating group) is 1. The highest BCUT2D eigenvalue weighted by atomic mass is 127. The number of amides is 1. The van der Waals surface area contributed by atoms with E-state index >= 15 is 0 Å². The number of hydrogen-bond acceptors (Lipinski definition) is 3. The fourth-order valence-corrected chi connectivity index (χ4v) is 1.50. The molecule has 1 amide bonds. The van der Waals surface area contributed by atoms with Crippen molar-refractivity contribution in [1.82, 2.24) is 16.0 Å². The van der Waals surface area contributed by atoms with Crippen LogP contribution in [-0.4, -0.2) is 38.0 Å². The van der Waals surface area contributed by atoms with Crippen LogP contribution in [0.15, 0.2) is 27.8 Å². The lowest BCUT2D eigenvalue weighted by molar-refractivity contribution is -0.119. The molecule has 0 atom stereocenters. The van der Waals surface area contributed by atoms with Crippen molar-refractivity contribution in [2.75, 3.05) is 26.2 Å². The van der Waals surface area contributed by atoms with Gasteiger partial charge in [0.25, 0.3) is 0 Å². The summed E-state index contributed by atoms with van der Waals surface area (Å²) >= 11 is 0. The van der Waals surface area contributed by atoms with E-state index in [2.05, 4.69) is 20.9 Å². The Kier molecular flexibility index (Phi) is 10.8. The maximum Gasteiger partial charge on any atom is 0.241 e. The normalized spacial score (nSPS) is 10.6. The molecule has 7 heteroatoms. The molecule has 20 heavy (non-hydrogen) atoms. The predicted molar refractivity (Wildman–Crippen MR) is 90.5 cm³/mol. The third-order valence-corrected chi connectivity index (χ3v) is 2.34. The summed E-state index contributed by atoms with van der Waals surface area (Å²) in [6.07, 6.45) is 2.43. The maximum absolute atomic E-state index is 11.3. The Labute approximate surface area is 136 Å². The second-order valence-corrected chi connectivity index (χ2v) is 3.90. The Morgan fingerprint density at radius 3 is 2.60 bits per heavy atom. The molecule has 0 fully saturated rings. The number of rotatable bonds is 7. The van der Waals surface area contributed by atoms with E-state index in [1.807, 2.05) is 26.0 Å². The summed E-state index contributed by atoms with van der Waals surface area (Å²) in [4.78, 5) is 15.5. The van der Waals surface area contributed by atoms with Crippen LogP contribution in [0.4, 0.5) is 0 Å². The average Bonchev–Trinajstić information content (AvgIpc) is 2.89. The van der Waals surface area contributed by atoms with Crippen LogP contribution in [0.2, 0.25) is 0 Å². The summed E-state index contributed by atoms with van der Waals surface area (Å²) in [6.45, 7) is 6.07. The van der Waals surface area contributed by atoms with Crippen molar-refractivity contribution in [1.29, 1.82) is 0 Å². The van der Waals surface area contributed by atoms with Crippen LogP contribution in [-0.2, 0) is 11.2 Å². The lowest BCUT2D eigenvalue weighted by Gasteiger charge is -2.10. The first-order valence-corrected chi connectivity index (χ1v) is 6.57. The monoisotopic (exact) mass is 394 g/mol. The zero-order valence-corrected chi connectivity index (χ0v) is 14.3. The van der Waals surface area contributed by atoms with Crippen LogP contribution >= 0.6 is 24.0 Å². The Morgan fingerprint density at radius 2 is 2.00 bits per heavy atom. The molecule has 0 saturated carbocycles. The van der Waals surface area contributed by atoms with Gasteiger partial charge in [0.05, 0.1) is 6.26 Å². The molecule has 1 heterocycles. The van der Waals surface area contributed by atoms with Gasteiger partial charge in [-0.1, -0.05) is 0 Å². The Bertz CT molecular complexity index is 393. The lowest BCUT2D eigenvalue weighted by atomic mass is 10.3. The summed E-state index contributed by atoms with van der Waals surface area (Å²) < 4.78 is 5.24. The highest BCUT2D eigenvalue weighted by molar-refractivity contribution is 14.0. The third kappa shape index (κ3) is 8.03. The van der Waals surface area contributed by atoms with Gasteiger partial charge in [0.15, 0.2) is 5.96 Å². The molecule has 1 aromatic heterocycles. The van der Waals surface area contributed by atoms with Crippen molar-refractivity contribution in [3.8, 4) is 0 Å². The van der Waals surface area contributed by atoms with Crippen molar-refractivity contribution in [3.05, 3.63) is 24.2 Å². The Hall–Kier alpha value is -1.25. The molecule has 114 valence electrons. The largest absolute Gasteiger partial charge is 0.469 e. The van der Waals surface area contributed by atoms with Crippen LogP contribution < -0.4 is 16.0 Å². The van der Waals surface area contributed by atoms with Gasteiger partial charge < -0.3 is 20.4 Å². The fourth-order valence-electron chi connectivity index (χ4n) is 1.50. The van der Waals surface area contributed by atoms with Gasteiger partial charge in [0, 0.05) is 26.1 Å². The van der Waals surface area contributed by atoms with Crippen molar-refractivity contribution < 1.29 is 9.21 Å². The van der Waals surface area contributed by atoms with Crippen LogP contribution in [0.5, 0.6) is 0 Å². The van der Waals surface area contributed by atoms with Crippen molar-refractivity contribution in [2.45, 2.75) is 20.3 Å². The summed E-state index contributed by atoms with van der Waals surface area (Å²) in [5.74, 6) is 1.48. The van der Waals surface area contributed by atoms with Gasteiger partial charge in [-0.3, -0.25) is 4.79 Å². The number of hydrogen-bond donors (Lipinski definition) is 3. The number of furan rings is 1. The minimum atomic E-state index is -0.0780. The molecule has 0 aliphatic rings. The highest BCUT2D eigenvalue weighted by Gasteiger charge is 2.01. The molecular formula is C13H23IN4O2. The smallest absolute Gasteiger partial charge is 0.241 e. The van der Waals surface area contributed by atoms with Crippen molar-refractivity contribution in [3.63, 3.8) is 0 Å². The zero-order chi connectivity index (χ0) is 13.9. The van der Waals surface area contributed by atoms with E-state index in [0.29, 0.717) is 19.0 Å². The van der Waals surface area contributed by atoms with E-state index in [0.717, 1.165) is 18.7 Å². The molecule has 0 aliphatic carbocycles. The minimum absolute atomic E-state index is 0. The molecule has 1 rings (SSSR count). The SMILES string of the molecule is CCNC(=O)CN=C(NCC)NCCc1ccco1.I. The first-order chi connectivity index (χ1) is 9.26. The summed E-state index contributed by atoms with van der Waals surface area (Å²) in [7, 11) is 0. The Morgan fingerprint density at radius 1 is 1.25 bits per heavy atom. The van der Waals surface area contributed by atoms with E-state index in [-0.39, 0.29) is 36.4 Å². The molecule has 0 radical (unpaired) electrons. The zero-order valence-electron chi connectivity index (χ0n) is 11.9. The highest BCUT2D eigenvalue weighted by Crippen LogP contribution is 1.99. The average molecular weight is 394 g/mol. The number of nitrogens with one attached hydrogen (secondary N) is 3. The number of carbonyl (C=O) groups is 1. The van der Waals surface area contributed by atoms with E-state index in [1.54, 1.807) is 6.26 Å². The van der Waals surface area contributed by atoms with Gasteiger partial charge in [0.2, 0.25) is 5.91 Å². The first-order valence-electron chi connectivity index (χ1n) is 6.57. The number of carbonyl (C=O) groups excluding carboxylic acids is 1. The van der Waals surface area contributed by atoms with Gasteiger partial charge in [-0.2, -0.15) is 0 Å². The van der Waals surface area contributed by atoms with Crippen LogP contribution in [0.1, 0.15) is 19.6 Å². The molecule has 0 spiro atoms. The predicted octanol–water partition coefficient (Wildman–Crippen LogP) is 1.13. The van der Waals surface area contributed by atoms with E-state index in [4.69, 9.17) is 4.42 Å². The van der Waals surface area contributed by atoms with Gasteiger partial charge >= 0.3 is 0 Å². The first kappa shape index (κ1) is 18.8. The van der Waals surface area contributed by atoms with E-state index in [9.17, 15) is 4.79 Å². The number of guanidine groups is 1. The van der Waals surface area contributed by atoms with E-state index in [1.165, 1.54) is 0 Å². The molecule has 0 unspecified atom stereocenters. The molecule has 0 aliphatic heterocycles. The lowest BCUT2D eigenvalue weighted by Crippen LogP contribution is -2.39. The van der Waals surface area contributed by atoms with Crippen molar-refractivity contribution in [2.24, 2.45) is 4.99 Å². The molecule has 6 nitrogen and oxygen atoms in total. The van der Waals surface area contributed by atoms with Crippen LogP contribution in [0.3, 0.4) is 0 Å². The molecule has 1 aromatic rings. The quantitative estimate of drug-likeness (QED) is 0.368. The number of nitrogens with zero attached hydrogens (tertiary/aromatic N) is 1. The molecule has 3 N–H and O–H groups in total. The third-order valence-electron chi connectivity index (χ3n) is 2.34. The molecule has 0 bridgehead atoms. The molecule has 0 aromatic carbocycles. The fraction of sp³-hybridized carbons (Fsp3) is 0.538. The number of aliphatic imine (C=N–C) groups is 1. The molecular weight excluding hydrogens is 371 g/mol. The second-order valence-electron chi connectivity index (χ2n) is 3.90. The van der Waals surface area contributed by atoms with Crippen LogP contribution in [0, 0.1) is 0 Å². The van der Waals surface area contributed by atoms with Gasteiger partial charge in [-0.15, -0.1) is 24.0 Å².